The molecule has 3 rings (SSSR count). The van der Waals surface area contributed by atoms with Crippen molar-refractivity contribution in [3.05, 3.63) is 53.9 Å². The van der Waals surface area contributed by atoms with Crippen LogP contribution in [0.25, 0.3) is 0 Å². The highest BCUT2D eigenvalue weighted by Crippen LogP contribution is 2.24. The number of aryl methyl sites for hydroxylation is 1. The van der Waals surface area contributed by atoms with Gasteiger partial charge in [0.05, 0.1) is 7.11 Å². The Morgan fingerprint density at radius 2 is 2.16 bits per heavy atom. The van der Waals surface area contributed by atoms with E-state index in [0.29, 0.717) is 5.69 Å². The lowest BCUT2D eigenvalue weighted by Crippen LogP contribution is -2.48. The Hall–Kier alpha value is -2.56. The van der Waals surface area contributed by atoms with Gasteiger partial charge in [-0.05, 0) is 43.5 Å². The first kappa shape index (κ1) is 17.3. The van der Waals surface area contributed by atoms with Crippen LogP contribution in [0.3, 0.4) is 0 Å². The number of hydrogen-bond donors (Lipinski definition) is 1. The van der Waals surface area contributed by atoms with Gasteiger partial charge in [-0.25, -0.2) is 4.98 Å². The van der Waals surface area contributed by atoms with Crippen molar-refractivity contribution in [3.63, 3.8) is 0 Å². The maximum atomic E-state index is 12.5. The molecule has 1 unspecified atom stereocenters. The highest BCUT2D eigenvalue weighted by atomic mass is 16.5. The van der Waals surface area contributed by atoms with E-state index >= 15 is 0 Å². The third kappa shape index (κ3) is 4.29. The number of ether oxygens (including phenoxy) is 1. The molecule has 0 spiro atoms. The quantitative estimate of drug-likeness (QED) is 0.910. The van der Waals surface area contributed by atoms with E-state index in [1.54, 1.807) is 13.2 Å². The molecule has 1 aliphatic heterocycles. The van der Waals surface area contributed by atoms with Crippen LogP contribution in [-0.2, 0) is 6.42 Å². The van der Waals surface area contributed by atoms with Crippen molar-refractivity contribution in [1.82, 2.24) is 10.3 Å². The topological polar surface area (TPSA) is 54.5 Å². The number of aromatic nitrogens is 1. The second-order valence-electron chi connectivity index (χ2n) is 6.33. The van der Waals surface area contributed by atoms with E-state index in [-0.39, 0.29) is 11.9 Å². The lowest BCUT2D eigenvalue weighted by Gasteiger charge is -2.34. The predicted molar refractivity (Wildman–Crippen MR) is 99.3 cm³/mol. The van der Waals surface area contributed by atoms with Gasteiger partial charge in [-0.15, -0.1) is 0 Å². The molecule has 0 radical (unpaired) electrons. The van der Waals surface area contributed by atoms with E-state index in [9.17, 15) is 4.79 Å². The fourth-order valence-electron chi connectivity index (χ4n) is 3.20. The molecule has 0 bridgehead atoms. The molecule has 2 aromatic rings. The van der Waals surface area contributed by atoms with E-state index in [1.165, 1.54) is 0 Å². The van der Waals surface area contributed by atoms with Gasteiger partial charge in [0.1, 0.15) is 11.4 Å². The second kappa shape index (κ2) is 8.01. The van der Waals surface area contributed by atoms with Gasteiger partial charge < -0.3 is 15.0 Å². The number of amides is 1. The minimum absolute atomic E-state index is 0.0900. The molecule has 1 atom stereocenters. The fourth-order valence-corrected chi connectivity index (χ4v) is 3.20. The Kier molecular flexibility index (Phi) is 5.53. The third-order valence-corrected chi connectivity index (χ3v) is 4.58. The minimum atomic E-state index is -0.0900. The number of piperidine rings is 1. The maximum Gasteiger partial charge on any atom is 0.270 e. The van der Waals surface area contributed by atoms with Crippen LogP contribution in [0.2, 0.25) is 0 Å². The number of rotatable bonds is 5. The molecule has 132 valence electrons. The van der Waals surface area contributed by atoms with Gasteiger partial charge >= 0.3 is 0 Å². The van der Waals surface area contributed by atoms with Gasteiger partial charge in [-0.1, -0.05) is 19.1 Å². The van der Waals surface area contributed by atoms with E-state index in [1.807, 2.05) is 37.3 Å². The van der Waals surface area contributed by atoms with Crippen molar-refractivity contribution in [2.45, 2.75) is 32.2 Å². The van der Waals surface area contributed by atoms with Gasteiger partial charge in [0, 0.05) is 36.6 Å². The van der Waals surface area contributed by atoms with Crippen molar-refractivity contribution >= 4 is 11.6 Å². The Morgan fingerprint density at radius 1 is 1.32 bits per heavy atom. The van der Waals surface area contributed by atoms with Gasteiger partial charge in [-0.3, -0.25) is 4.79 Å². The van der Waals surface area contributed by atoms with Crippen LogP contribution < -0.4 is 15.0 Å². The normalized spacial score (nSPS) is 17.2. The van der Waals surface area contributed by atoms with Crippen molar-refractivity contribution in [2.75, 3.05) is 25.1 Å². The molecular formula is C20H25N3O2. The summed E-state index contributed by atoms with van der Waals surface area (Å²) < 4.78 is 5.31. The van der Waals surface area contributed by atoms with E-state index in [2.05, 4.69) is 21.3 Å². The molecule has 0 saturated carbocycles. The minimum Gasteiger partial charge on any atom is -0.497 e. The highest BCUT2D eigenvalue weighted by molar-refractivity contribution is 5.92. The molecule has 1 saturated heterocycles. The molecule has 1 N–H and O–H groups in total. The molecule has 5 nitrogen and oxygen atoms in total. The molecule has 1 aromatic carbocycles. The summed E-state index contributed by atoms with van der Waals surface area (Å²) in [6.07, 6.45) is 2.86. The molecule has 1 aromatic heterocycles. The number of carbonyl (C=O) groups is 1. The summed E-state index contributed by atoms with van der Waals surface area (Å²) in [7, 11) is 1.68. The monoisotopic (exact) mass is 339 g/mol. The Labute approximate surface area is 149 Å². The van der Waals surface area contributed by atoms with Crippen LogP contribution in [0.1, 0.15) is 35.9 Å². The standard InChI is InChI=1S/C20H25N3O2/c1-3-15-7-4-11-19(21-15)20(24)22-16-8-6-12-23(14-16)17-9-5-10-18(13-17)25-2/h4-5,7,9-11,13,16H,3,6,8,12,14H2,1-2H3,(H,22,24). The van der Waals surface area contributed by atoms with Crippen LogP contribution in [-0.4, -0.2) is 37.1 Å². The first-order valence-corrected chi connectivity index (χ1v) is 8.85. The second-order valence-corrected chi connectivity index (χ2v) is 6.33. The number of nitrogens with zero attached hydrogens (tertiary/aromatic N) is 2. The number of methoxy groups -OCH3 is 1. The third-order valence-electron chi connectivity index (χ3n) is 4.58. The van der Waals surface area contributed by atoms with Crippen LogP contribution in [0.15, 0.2) is 42.5 Å². The van der Waals surface area contributed by atoms with Crippen LogP contribution in [0.4, 0.5) is 5.69 Å². The first-order valence-electron chi connectivity index (χ1n) is 8.85. The number of nitrogens with one attached hydrogen (secondary N) is 1. The molecule has 5 heteroatoms. The summed E-state index contributed by atoms with van der Waals surface area (Å²) in [5.41, 5.74) is 2.57. The molecular weight excluding hydrogens is 314 g/mol. The molecule has 1 amide bonds. The largest absolute Gasteiger partial charge is 0.497 e. The van der Waals surface area contributed by atoms with Crippen molar-refractivity contribution in [3.8, 4) is 5.75 Å². The summed E-state index contributed by atoms with van der Waals surface area (Å²) in [4.78, 5) is 19.2. The number of benzene rings is 1. The zero-order valence-corrected chi connectivity index (χ0v) is 14.9. The van der Waals surface area contributed by atoms with Gasteiger partial charge in [0.15, 0.2) is 0 Å². The maximum absolute atomic E-state index is 12.5. The van der Waals surface area contributed by atoms with Gasteiger partial charge in [0.25, 0.3) is 5.91 Å². The van der Waals surface area contributed by atoms with Crippen LogP contribution in [0, 0.1) is 0 Å². The average Bonchev–Trinajstić information content (AvgIpc) is 2.68. The molecule has 2 heterocycles. The van der Waals surface area contributed by atoms with E-state index < -0.39 is 0 Å². The molecule has 0 aliphatic carbocycles. The average molecular weight is 339 g/mol. The lowest BCUT2D eigenvalue weighted by atomic mass is 10.0. The summed E-state index contributed by atoms with van der Waals surface area (Å²) >= 11 is 0. The summed E-state index contributed by atoms with van der Waals surface area (Å²) in [6.45, 7) is 3.83. The zero-order chi connectivity index (χ0) is 17.6. The fraction of sp³-hybridized carbons (Fsp3) is 0.400. The molecule has 1 fully saturated rings. The first-order chi connectivity index (χ1) is 12.2. The summed E-state index contributed by atoms with van der Waals surface area (Å²) in [6, 6.07) is 13.8. The highest BCUT2D eigenvalue weighted by Gasteiger charge is 2.22. The number of anilines is 1. The van der Waals surface area contributed by atoms with E-state index in [0.717, 1.165) is 49.5 Å². The Morgan fingerprint density at radius 3 is 2.96 bits per heavy atom. The zero-order valence-electron chi connectivity index (χ0n) is 14.9. The number of carbonyl (C=O) groups excluding carboxylic acids is 1. The summed E-state index contributed by atoms with van der Waals surface area (Å²) in [5, 5.41) is 3.14. The molecule has 1 aliphatic rings. The Bertz CT molecular complexity index is 732. The van der Waals surface area contributed by atoms with Gasteiger partial charge in [0.2, 0.25) is 0 Å². The lowest BCUT2D eigenvalue weighted by molar-refractivity contribution is 0.0928. The van der Waals surface area contributed by atoms with Crippen molar-refractivity contribution in [2.24, 2.45) is 0 Å². The Balaban J connectivity index is 1.65. The van der Waals surface area contributed by atoms with Crippen LogP contribution >= 0.6 is 0 Å². The summed E-state index contributed by atoms with van der Waals surface area (Å²) in [5.74, 6) is 0.761. The number of pyridine rings is 1. The van der Waals surface area contributed by atoms with Crippen molar-refractivity contribution in [1.29, 1.82) is 0 Å². The SMILES string of the molecule is CCc1cccc(C(=O)NC2CCCN(c3cccc(OC)c3)C2)n1. The van der Waals surface area contributed by atoms with Gasteiger partial charge in [-0.2, -0.15) is 0 Å². The van der Waals surface area contributed by atoms with Crippen LogP contribution in [0.5, 0.6) is 5.75 Å². The smallest absolute Gasteiger partial charge is 0.270 e. The van der Waals surface area contributed by atoms with Crippen molar-refractivity contribution < 1.29 is 9.53 Å². The predicted octanol–water partition coefficient (Wildman–Crippen LogP) is 3.05. The number of hydrogen-bond acceptors (Lipinski definition) is 4. The molecule has 25 heavy (non-hydrogen) atoms. The van der Waals surface area contributed by atoms with E-state index in [4.69, 9.17) is 4.74 Å².